The van der Waals surface area contributed by atoms with Crippen molar-refractivity contribution in [2.75, 3.05) is 0 Å². The van der Waals surface area contributed by atoms with Gasteiger partial charge in [0.25, 0.3) is 0 Å². The molecule has 0 saturated carbocycles. The summed E-state index contributed by atoms with van der Waals surface area (Å²) in [4.78, 5) is 4.26. The van der Waals surface area contributed by atoms with Crippen LogP contribution in [0, 0.1) is 18.3 Å². The van der Waals surface area contributed by atoms with Gasteiger partial charge in [0.15, 0.2) is 0 Å². The van der Waals surface area contributed by atoms with E-state index in [-0.39, 0.29) is 0 Å². The average Bonchev–Trinajstić information content (AvgIpc) is 2.23. The van der Waals surface area contributed by atoms with Gasteiger partial charge in [0.1, 0.15) is 11.8 Å². The van der Waals surface area contributed by atoms with Crippen LogP contribution in [-0.4, -0.2) is 4.98 Å². The van der Waals surface area contributed by atoms with Crippen LogP contribution in [0.5, 0.6) is 0 Å². The molecule has 0 aliphatic heterocycles. The highest BCUT2D eigenvalue weighted by molar-refractivity contribution is 9.10. The summed E-state index contributed by atoms with van der Waals surface area (Å²) in [6.07, 6.45) is 0. The van der Waals surface area contributed by atoms with Gasteiger partial charge in [-0.2, -0.15) is 5.26 Å². The van der Waals surface area contributed by atoms with Crippen molar-refractivity contribution in [2.45, 2.75) is 6.92 Å². The van der Waals surface area contributed by atoms with Gasteiger partial charge in [0.05, 0.1) is 5.52 Å². The number of hydrogen-bond acceptors (Lipinski definition) is 2. The van der Waals surface area contributed by atoms with Crippen LogP contribution in [0.4, 0.5) is 0 Å². The highest BCUT2D eigenvalue weighted by Crippen LogP contribution is 2.24. The Hall–Kier alpha value is -1.40. The quantitative estimate of drug-likeness (QED) is 0.716. The summed E-state index contributed by atoms with van der Waals surface area (Å²) < 4.78 is 1.02. The van der Waals surface area contributed by atoms with Crippen LogP contribution in [-0.2, 0) is 0 Å². The zero-order valence-electron chi connectivity index (χ0n) is 7.58. The van der Waals surface area contributed by atoms with Crippen LogP contribution in [0.25, 0.3) is 10.9 Å². The lowest BCUT2D eigenvalue weighted by Gasteiger charge is -2.03. The normalized spacial score (nSPS) is 10.1. The number of hydrogen-bond donors (Lipinski definition) is 0. The van der Waals surface area contributed by atoms with Gasteiger partial charge in [0.2, 0.25) is 0 Å². The third-order valence-corrected chi connectivity index (χ3v) is 3.02. The fourth-order valence-electron chi connectivity index (χ4n) is 1.37. The number of aryl methyl sites for hydroxylation is 1. The predicted molar refractivity (Wildman–Crippen MR) is 58.9 cm³/mol. The van der Waals surface area contributed by atoms with Gasteiger partial charge in [-0.3, -0.25) is 0 Å². The van der Waals surface area contributed by atoms with Crippen molar-refractivity contribution in [3.8, 4) is 6.07 Å². The first kappa shape index (κ1) is 9.17. The molecule has 2 aromatic rings. The van der Waals surface area contributed by atoms with Crippen molar-refractivity contribution < 1.29 is 0 Å². The van der Waals surface area contributed by atoms with E-state index in [1.165, 1.54) is 0 Å². The van der Waals surface area contributed by atoms with Gasteiger partial charge in [-0.15, -0.1) is 0 Å². The first-order valence-corrected chi connectivity index (χ1v) is 4.97. The predicted octanol–water partition coefficient (Wildman–Crippen LogP) is 3.18. The van der Waals surface area contributed by atoms with Gasteiger partial charge in [0, 0.05) is 9.86 Å². The van der Waals surface area contributed by atoms with Crippen LogP contribution in [0.2, 0.25) is 0 Å². The molecule has 1 aromatic heterocycles. The molecule has 0 fully saturated rings. The molecule has 0 aliphatic rings. The first-order chi connectivity index (χ1) is 6.72. The van der Waals surface area contributed by atoms with E-state index in [2.05, 4.69) is 20.9 Å². The third-order valence-electron chi connectivity index (χ3n) is 2.16. The Morgan fingerprint density at radius 3 is 2.71 bits per heavy atom. The second-order valence-electron chi connectivity index (χ2n) is 3.05. The lowest BCUT2D eigenvalue weighted by atomic mass is 10.1. The minimum atomic E-state index is 0.457. The number of fused-ring (bicyclic) bond motifs is 1. The average molecular weight is 247 g/mol. The summed E-state index contributed by atoms with van der Waals surface area (Å²) in [6, 6.07) is 9.67. The minimum absolute atomic E-state index is 0.457. The van der Waals surface area contributed by atoms with Crippen molar-refractivity contribution in [1.82, 2.24) is 4.98 Å². The molecular weight excluding hydrogens is 240 g/mol. The van der Waals surface area contributed by atoms with E-state index in [4.69, 9.17) is 5.26 Å². The maximum absolute atomic E-state index is 8.73. The van der Waals surface area contributed by atoms with Crippen molar-refractivity contribution >= 4 is 26.8 Å². The fraction of sp³-hybridized carbons (Fsp3) is 0.0909. The zero-order chi connectivity index (χ0) is 10.1. The van der Waals surface area contributed by atoms with Crippen molar-refractivity contribution in [1.29, 1.82) is 5.26 Å². The van der Waals surface area contributed by atoms with E-state index >= 15 is 0 Å². The van der Waals surface area contributed by atoms with Gasteiger partial charge in [-0.25, -0.2) is 4.98 Å². The molecule has 0 atom stereocenters. The molecule has 2 nitrogen and oxygen atoms in total. The molecule has 3 heteroatoms. The molecule has 1 aromatic carbocycles. The third kappa shape index (κ3) is 1.38. The second-order valence-corrected chi connectivity index (χ2v) is 3.91. The van der Waals surface area contributed by atoms with Crippen molar-refractivity contribution in [3.05, 3.63) is 40.0 Å². The molecule has 0 N–H and O–H groups in total. The summed E-state index contributed by atoms with van der Waals surface area (Å²) in [5.41, 5.74) is 2.41. The van der Waals surface area contributed by atoms with E-state index in [1.807, 2.05) is 31.2 Å². The SMILES string of the molecule is Cc1c(Br)ccc2ccc(C#N)nc12. The highest BCUT2D eigenvalue weighted by Gasteiger charge is 2.03. The number of aromatic nitrogens is 1. The summed E-state index contributed by atoms with van der Waals surface area (Å²) in [5, 5.41) is 9.79. The molecule has 2 rings (SSSR count). The van der Waals surface area contributed by atoms with Crippen LogP contribution in [0.15, 0.2) is 28.7 Å². The molecule has 68 valence electrons. The Balaban J connectivity index is 2.86. The molecule has 0 radical (unpaired) electrons. The van der Waals surface area contributed by atoms with E-state index in [0.29, 0.717) is 5.69 Å². The molecule has 14 heavy (non-hydrogen) atoms. The first-order valence-electron chi connectivity index (χ1n) is 4.18. The van der Waals surface area contributed by atoms with E-state index in [9.17, 15) is 0 Å². The molecule has 0 amide bonds. The Bertz CT molecular complexity index is 541. The number of nitrogens with zero attached hydrogens (tertiary/aromatic N) is 2. The Morgan fingerprint density at radius 2 is 2.00 bits per heavy atom. The Morgan fingerprint density at radius 1 is 1.29 bits per heavy atom. The maximum atomic E-state index is 8.73. The molecule has 0 bridgehead atoms. The molecule has 0 unspecified atom stereocenters. The Kier molecular flexibility index (Phi) is 2.22. The summed E-state index contributed by atoms with van der Waals surface area (Å²) in [6.45, 7) is 1.99. The zero-order valence-corrected chi connectivity index (χ0v) is 9.17. The molecule has 0 saturated heterocycles. The Labute approximate surface area is 90.3 Å². The fourth-order valence-corrected chi connectivity index (χ4v) is 1.69. The number of pyridine rings is 1. The second kappa shape index (κ2) is 3.39. The van der Waals surface area contributed by atoms with Gasteiger partial charge < -0.3 is 0 Å². The number of nitriles is 1. The lowest BCUT2D eigenvalue weighted by molar-refractivity contribution is 1.30. The largest absolute Gasteiger partial charge is 0.237 e. The summed E-state index contributed by atoms with van der Waals surface area (Å²) in [5.74, 6) is 0. The number of rotatable bonds is 0. The number of halogens is 1. The molecule has 1 heterocycles. The van der Waals surface area contributed by atoms with Crippen molar-refractivity contribution in [3.63, 3.8) is 0 Å². The van der Waals surface area contributed by atoms with Gasteiger partial charge in [-0.1, -0.05) is 22.0 Å². The monoisotopic (exact) mass is 246 g/mol. The van der Waals surface area contributed by atoms with E-state index in [1.54, 1.807) is 6.07 Å². The van der Waals surface area contributed by atoms with Gasteiger partial charge in [-0.05, 0) is 30.7 Å². The molecule has 0 spiro atoms. The van der Waals surface area contributed by atoms with Crippen LogP contribution < -0.4 is 0 Å². The lowest BCUT2D eigenvalue weighted by Crippen LogP contribution is -1.87. The molecule has 0 aliphatic carbocycles. The van der Waals surface area contributed by atoms with Crippen molar-refractivity contribution in [2.24, 2.45) is 0 Å². The van der Waals surface area contributed by atoms with Crippen LogP contribution in [0.1, 0.15) is 11.3 Å². The van der Waals surface area contributed by atoms with Gasteiger partial charge >= 0.3 is 0 Å². The standard InChI is InChI=1S/C11H7BrN2/c1-7-10(12)5-3-8-2-4-9(6-13)14-11(7)8/h2-5H,1H3. The molecular formula is C11H7BrN2. The van der Waals surface area contributed by atoms with Crippen LogP contribution >= 0.6 is 15.9 Å². The minimum Gasteiger partial charge on any atom is -0.237 e. The van der Waals surface area contributed by atoms with E-state index < -0.39 is 0 Å². The smallest absolute Gasteiger partial charge is 0.141 e. The topological polar surface area (TPSA) is 36.7 Å². The van der Waals surface area contributed by atoms with Crippen LogP contribution in [0.3, 0.4) is 0 Å². The highest BCUT2D eigenvalue weighted by atomic mass is 79.9. The number of benzene rings is 1. The van der Waals surface area contributed by atoms with E-state index in [0.717, 1.165) is 20.9 Å². The summed E-state index contributed by atoms with van der Waals surface area (Å²) >= 11 is 3.44. The maximum Gasteiger partial charge on any atom is 0.141 e. The summed E-state index contributed by atoms with van der Waals surface area (Å²) in [7, 11) is 0.